The SMILES string of the molecule is CCOC(=O)/C=C/C(=O)OCC(=O)NC(=O)Nc1ccc2c(c1)OCCO2. The van der Waals surface area contributed by atoms with Crippen LogP contribution >= 0.6 is 0 Å². The molecule has 2 rings (SSSR count). The van der Waals surface area contributed by atoms with Crippen molar-refractivity contribution in [2.24, 2.45) is 0 Å². The largest absolute Gasteiger partial charge is 0.486 e. The summed E-state index contributed by atoms with van der Waals surface area (Å²) < 4.78 is 19.9. The van der Waals surface area contributed by atoms with Crippen molar-refractivity contribution in [1.29, 1.82) is 0 Å². The van der Waals surface area contributed by atoms with Crippen LogP contribution in [-0.2, 0) is 23.9 Å². The van der Waals surface area contributed by atoms with Gasteiger partial charge in [0.2, 0.25) is 0 Å². The molecule has 0 radical (unpaired) electrons. The molecule has 1 aliphatic heterocycles. The van der Waals surface area contributed by atoms with Gasteiger partial charge in [-0.15, -0.1) is 0 Å². The smallest absolute Gasteiger partial charge is 0.331 e. The third-order valence-corrected chi connectivity index (χ3v) is 3.04. The first-order chi connectivity index (χ1) is 13.0. The Hall–Kier alpha value is -3.56. The summed E-state index contributed by atoms with van der Waals surface area (Å²) in [7, 11) is 0. The van der Waals surface area contributed by atoms with E-state index in [9.17, 15) is 19.2 Å². The number of esters is 2. The Bertz CT molecular complexity index is 759. The van der Waals surface area contributed by atoms with Crippen LogP contribution in [0.15, 0.2) is 30.4 Å². The molecule has 0 aromatic heterocycles. The minimum atomic E-state index is -0.926. The Morgan fingerprint density at radius 1 is 1.04 bits per heavy atom. The maximum atomic E-state index is 11.8. The number of hydrogen-bond donors (Lipinski definition) is 2. The summed E-state index contributed by atoms with van der Waals surface area (Å²) in [5, 5.41) is 4.44. The average molecular weight is 378 g/mol. The van der Waals surface area contributed by atoms with Crippen LogP contribution in [0.4, 0.5) is 10.5 Å². The lowest BCUT2D eigenvalue weighted by molar-refractivity contribution is -0.144. The van der Waals surface area contributed by atoms with Gasteiger partial charge >= 0.3 is 18.0 Å². The first kappa shape index (κ1) is 19.8. The second kappa shape index (κ2) is 9.80. The molecule has 27 heavy (non-hydrogen) atoms. The third kappa shape index (κ3) is 6.69. The molecule has 144 valence electrons. The number of amides is 3. The number of benzene rings is 1. The summed E-state index contributed by atoms with van der Waals surface area (Å²) in [6, 6.07) is 3.95. The van der Waals surface area contributed by atoms with Crippen LogP contribution in [-0.4, -0.2) is 50.3 Å². The van der Waals surface area contributed by atoms with Crippen LogP contribution in [0, 0.1) is 0 Å². The number of imide groups is 1. The maximum absolute atomic E-state index is 11.8. The molecule has 1 aromatic carbocycles. The van der Waals surface area contributed by atoms with Gasteiger partial charge in [-0.3, -0.25) is 10.1 Å². The normalized spacial score (nSPS) is 12.2. The molecule has 1 aliphatic rings. The van der Waals surface area contributed by atoms with E-state index in [4.69, 9.17) is 9.47 Å². The summed E-state index contributed by atoms with van der Waals surface area (Å²) in [4.78, 5) is 45.8. The molecule has 0 saturated carbocycles. The van der Waals surface area contributed by atoms with Gasteiger partial charge in [-0.25, -0.2) is 14.4 Å². The average Bonchev–Trinajstić information content (AvgIpc) is 2.64. The van der Waals surface area contributed by atoms with Crippen molar-refractivity contribution >= 4 is 29.6 Å². The van der Waals surface area contributed by atoms with Crippen molar-refractivity contribution in [3.05, 3.63) is 30.4 Å². The number of fused-ring (bicyclic) bond motifs is 1. The highest BCUT2D eigenvalue weighted by molar-refractivity contribution is 6.02. The van der Waals surface area contributed by atoms with E-state index in [0.29, 0.717) is 30.4 Å². The van der Waals surface area contributed by atoms with Crippen molar-refractivity contribution in [2.75, 3.05) is 31.7 Å². The molecule has 0 spiro atoms. The molecule has 3 amide bonds. The summed E-state index contributed by atoms with van der Waals surface area (Å²) in [6.45, 7) is 1.93. The van der Waals surface area contributed by atoms with Crippen LogP contribution in [0.5, 0.6) is 11.5 Å². The van der Waals surface area contributed by atoms with Gasteiger partial charge in [0.1, 0.15) is 13.2 Å². The fraction of sp³-hybridized carbons (Fsp3) is 0.294. The molecule has 0 saturated heterocycles. The van der Waals surface area contributed by atoms with Gasteiger partial charge in [0.25, 0.3) is 5.91 Å². The zero-order chi connectivity index (χ0) is 19.6. The lowest BCUT2D eigenvalue weighted by Gasteiger charge is -2.19. The molecule has 0 atom stereocenters. The van der Waals surface area contributed by atoms with Crippen molar-refractivity contribution < 1.29 is 38.1 Å². The number of anilines is 1. The van der Waals surface area contributed by atoms with Crippen LogP contribution in [0.3, 0.4) is 0 Å². The Morgan fingerprint density at radius 3 is 2.41 bits per heavy atom. The highest BCUT2D eigenvalue weighted by Gasteiger charge is 2.14. The van der Waals surface area contributed by atoms with Gasteiger partial charge in [0, 0.05) is 23.9 Å². The van der Waals surface area contributed by atoms with Gasteiger partial charge in [-0.2, -0.15) is 0 Å². The fourth-order valence-corrected chi connectivity index (χ4v) is 1.96. The van der Waals surface area contributed by atoms with Crippen LogP contribution in [0.1, 0.15) is 6.92 Å². The van der Waals surface area contributed by atoms with E-state index in [1.54, 1.807) is 25.1 Å². The molecule has 0 bridgehead atoms. The highest BCUT2D eigenvalue weighted by atomic mass is 16.6. The molecule has 0 fully saturated rings. The summed E-state index contributed by atoms with van der Waals surface area (Å²) in [5.74, 6) is -1.44. The van der Waals surface area contributed by atoms with E-state index in [0.717, 1.165) is 12.2 Å². The minimum absolute atomic E-state index is 0.166. The molecule has 10 nitrogen and oxygen atoms in total. The molecule has 0 unspecified atom stereocenters. The summed E-state index contributed by atoms with van der Waals surface area (Å²) in [5.41, 5.74) is 0.388. The van der Waals surface area contributed by atoms with E-state index in [1.807, 2.05) is 5.32 Å². The number of urea groups is 1. The Balaban J connectivity index is 1.74. The predicted octanol–water partition coefficient (Wildman–Crippen LogP) is 0.768. The van der Waals surface area contributed by atoms with Gasteiger partial charge in [0.05, 0.1) is 6.61 Å². The third-order valence-electron chi connectivity index (χ3n) is 3.04. The number of nitrogens with one attached hydrogen (secondary N) is 2. The standard InChI is InChI=1S/C17H18N2O8/c1-2-24-15(21)5-6-16(22)27-10-14(20)19-17(23)18-11-3-4-12-13(9-11)26-8-7-25-12/h3-6,9H,2,7-8,10H2,1H3,(H2,18,19,20,23)/b6-5+. The Labute approximate surface area is 154 Å². The van der Waals surface area contributed by atoms with Gasteiger partial charge in [-0.05, 0) is 19.1 Å². The van der Waals surface area contributed by atoms with Crippen molar-refractivity contribution in [1.82, 2.24) is 5.32 Å². The lowest BCUT2D eigenvalue weighted by atomic mass is 10.2. The van der Waals surface area contributed by atoms with E-state index in [1.165, 1.54) is 0 Å². The molecule has 0 aliphatic carbocycles. The van der Waals surface area contributed by atoms with Gasteiger partial charge in [0.15, 0.2) is 18.1 Å². The van der Waals surface area contributed by atoms with Crippen molar-refractivity contribution in [3.8, 4) is 11.5 Å². The van der Waals surface area contributed by atoms with Crippen molar-refractivity contribution in [2.45, 2.75) is 6.92 Å². The van der Waals surface area contributed by atoms with Gasteiger partial charge < -0.3 is 24.3 Å². The Kier molecular flexibility index (Phi) is 7.17. The quantitative estimate of drug-likeness (QED) is 0.548. The van der Waals surface area contributed by atoms with E-state index in [2.05, 4.69) is 14.8 Å². The number of ether oxygens (including phenoxy) is 4. The predicted molar refractivity (Wildman–Crippen MR) is 91.3 cm³/mol. The molecule has 1 heterocycles. The van der Waals surface area contributed by atoms with Crippen LogP contribution < -0.4 is 20.1 Å². The summed E-state index contributed by atoms with van der Waals surface area (Å²) >= 11 is 0. The second-order valence-electron chi connectivity index (χ2n) is 5.05. The van der Waals surface area contributed by atoms with Crippen LogP contribution in [0.2, 0.25) is 0 Å². The molecule has 1 aromatic rings. The number of carbonyl (C=O) groups is 4. The lowest BCUT2D eigenvalue weighted by Crippen LogP contribution is -2.37. The summed E-state index contributed by atoms with van der Waals surface area (Å²) in [6.07, 6.45) is 1.69. The number of hydrogen-bond acceptors (Lipinski definition) is 8. The zero-order valence-electron chi connectivity index (χ0n) is 14.5. The Morgan fingerprint density at radius 2 is 1.70 bits per heavy atom. The molecular formula is C17H18N2O8. The fourth-order valence-electron chi connectivity index (χ4n) is 1.96. The minimum Gasteiger partial charge on any atom is -0.486 e. The first-order valence-electron chi connectivity index (χ1n) is 8.00. The van der Waals surface area contributed by atoms with Crippen molar-refractivity contribution in [3.63, 3.8) is 0 Å². The maximum Gasteiger partial charge on any atom is 0.331 e. The zero-order valence-corrected chi connectivity index (χ0v) is 14.5. The van der Waals surface area contributed by atoms with Crippen LogP contribution in [0.25, 0.3) is 0 Å². The number of rotatable bonds is 6. The second-order valence-corrected chi connectivity index (χ2v) is 5.05. The van der Waals surface area contributed by atoms with E-state index < -0.39 is 30.5 Å². The first-order valence-corrected chi connectivity index (χ1v) is 8.00. The molecule has 2 N–H and O–H groups in total. The topological polar surface area (TPSA) is 129 Å². The molecular weight excluding hydrogens is 360 g/mol. The van der Waals surface area contributed by atoms with E-state index in [-0.39, 0.29) is 6.61 Å². The molecule has 10 heteroatoms. The monoisotopic (exact) mass is 378 g/mol. The van der Waals surface area contributed by atoms with Gasteiger partial charge in [-0.1, -0.05) is 0 Å². The van der Waals surface area contributed by atoms with E-state index >= 15 is 0 Å². The highest BCUT2D eigenvalue weighted by Crippen LogP contribution is 2.32. The number of carbonyl (C=O) groups excluding carboxylic acids is 4.